The van der Waals surface area contributed by atoms with Gasteiger partial charge in [0.15, 0.2) is 0 Å². The lowest BCUT2D eigenvalue weighted by Gasteiger charge is -2.29. The average molecular weight is 903 g/mol. The van der Waals surface area contributed by atoms with Gasteiger partial charge in [0.25, 0.3) is 11.8 Å². The SMILES string of the molecule is CC(C)C[C@H](NC(=O)c1ccc(C(C)(C)C)cc1)C(=O)Nc1ccc(N2CCOCC2)cc1.CC(C)C[C@H](NC(=O)c1ccc(C(C)(C)C)cc1)C(=O)Nc1ccc(N2CCOCC2)cc1. The molecule has 4 aromatic rings. The lowest BCUT2D eigenvalue weighted by molar-refractivity contribution is -0.119. The smallest absolute Gasteiger partial charge is 0.251 e. The predicted octanol–water partition coefficient (Wildman–Crippen LogP) is 9.21. The zero-order chi connectivity index (χ0) is 48.0. The van der Waals surface area contributed by atoms with Crippen molar-refractivity contribution < 1.29 is 28.7 Å². The van der Waals surface area contributed by atoms with Crippen molar-refractivity contribution in [3.05, 3.63) is 119 Å². The number of amides is 4. The molecule has 2 aliphatic heterocycles. The molecule has 0 radical (unpaired) electrons. The van der Waals surface area contributed by atoms with Gasteiger partial charge in [-0.1, -0.05) is 93.5 Å². The van der Waals surface area contributed by atoms with Crippen molar-refractivity contribution in [2.24, 2.45) is 11.8 Å². The predicted molar refractivity (Wildman–Crippen MR) is 268 cm³/mol. The molecule has 2 fully saturated rings. The van der Waals surface area contributed by atoms with Crippen molar-refractivity contribution in [2.45, 2.75) is 105 Å². The van der Waals surface area contributed by atoms with Crippen LogP contribution < -0.4 is 31.1 Å². The maximum absolute atomic E-state index is 13.0. The van der Waals surface area contributed by atoms with E-state index in [0.717, 1.165) is 86.5 Å². The molecule has 4 N–H and O–H groups in total. The minimum atomic E-state index is -0.612. The van der Waals surface area contributed by atoms with E-state index in [1.54, 1.807) is 0 Å². The minimum Gasteiger partial charge on any atom is -0.378 e. The molecule has 2 aliphatic rings. The van der Waals surface area contributed by atoms with Gasteiger partial charge in [-0.2, -0.15) is 0 Å². The summed E-state index contributed by atoms with van der Waals surface area (Å²) in [5, 5.41) is 11.8. The lowest BCUT2D eigenvalue weighted by atomic mass is 9.86. The first kappa shape index (κ1) is 51.3. The first-order valence-corrected chi connectivity index (χ1v) is 23.6. The van der Waals surface area contributed by atoms with E-state index in [2.05, 4.69) is 72.6 Å². The summed E-state index contributed by atoms with van der Waals surface area (Å²) in [6.07, 6.45) is 1.12. The van der Waals surface area contributed by atoms with Crippen LogP contribution in [0.2, 0.25) is 0 Å². The molecule has 4 aromatic carbocycles. The Bertz CT molecular complexity index is 2010. The highest BCUT2D eigenvalue weighted by Gasteiger charge is 2.25. The number of carbonyl (C=O) groups excluding carboxylic acids is 4. The van der Waals surface area contributed by atoms with Gasteiger partial charge in [0.05, 0.1) is 26.4 Å². The van der Waals surface area contributed by atoms with Crippen molar-refractivity contribution in [3.8, 4) is 0 Å². The number of nitrogens with zero attached hydrogens (tertiary/aromatic N) is 2. The number of carbonyl (C=O) groups is 4. The van der Waals surface area contributed by atoms with Gasteiger partial charge in [-0.3, -0.25) is 19.2 Å². The molecule has 0 unspecified atom stereocenters. The molecule has 12 nitrogen and oxygen atoms in total. The molecule has 0 aliphatic carbocycles. The molecular formula is C54H74N6O6. The highest BCUT2D eigenvalue weighted by Crippen LogP contribution is 2.25. The molecule has 0 spiro atoms. The molecule has 2 atom stereocenters. The van der Waals surface area contributed by atoms with Gasteiger partial charge in [-0.05, 0) is 119 Å². The van der Waals surface area contributed by atoms with E-state index in [-0.39, 0.29) is 46.3 Å². The van der Waals surface area contributed by atoms with E-state index in [1.807, 2.05) is 125 Å². The molecule has 356 valence electrons. The summed E-state index contributed by atoms with van der Waals surface area (Å²) < 4.78 is 10.8. The second kappa shape index (κ2) is 23.6. The Balaban J connectivity index is 0.000000247. The summed E-state index contributed by atoms with van der Waals surface area (Å²) in [4.78, 5) is 56.3. The number of benzene rings is 4. The third-order valence-corrected chi connectivity index (χ3v) is 11.7. The minimum absolute atomic E-state index is 0.0202. The maximum Gasteiger partial charge on any atom is 0.251 e. The molecule has 0 saturated carbocycles. The van der Waals surface area contributed by atoms with Gasteiger partial charge in [-0.25, -0.2) is 0 Å². The van der Waals surface area contributed by atoms with E-state index in [1.165, 1.54) is 0 Å². The Morgan fingerprint density at radius 3 is 1.06 bits per heavy atom. The number of rotatable bonds is 14. The van der Waals surface area contributed by atoms with Crippen LogP contribution in [-0.2, 0) is 29.9 Å². The van der Waals surface area contributed by atoms with Crippen molar-refractivity contribution in [1.29, 1.82) is 0 Å². The molecule has 66 heavy (non-hydrogen) atoms. The van der Waals surface area contributed by atoms with E-state index in [4.69, 9.17) is 9.47 Å². The lowest BCUT2D eigenvalue weighted by Crippen LogP contribution is -2.44. The summed E-state index contributed by atoms with van der Waals surface area (Å²) in [6, 6.07) is 29.6. The fourth-order valence-corrected chi connectivity index (χ4v) is 7.75. The van der Waals surface area contributed by atoms with E-state index in [0.29, 0.717) is 24.0 Å². The topological polar surface area (TPSA) is 141 Å². The molecule has 12 heteroatoms. The molecule has 2 saturated heterocycles. The summed E-state index contributed by atoms with van der Waals surface area (Å²) in [5.74, 6) is -0.371. The summed E-state index contributed by atoms with van der Waals surface area (Å²) >= 11 is 0. The van der Waals surface area contributed by atoms with Gasteiger partial charge < -0.3 is 40.5 Å². The number of anilines is 4. The molecule has 0 aromatic heterocycles. The number of ether oxygens (including phenoxy) is 2. The Morgan fingerprint density at radius 1 is 0.485 bits per heavy atom. The van der Waals surface area contributed by atoms with Crippen LogP contribution in [0.1, 0.15) is 114 Å². The van der Waals surface area contributed by atoms with Crippen LogP contribution in [-0.4, -0.2) is 88.3 Å². The largest absolute Gasteiger partial charge is 0.378 e. The quantitative estimate of drug-likeness (QED) is 0.0983. The summed E-state index contributed by atoms with van der Waals surface area (Å²) in [5.41, 5.74) is 7.14. The number of morpholine rings is 2. The number of hydrogen-bond acceptors (Lipinski definition) is 8. The Morgan fingerprint density at radius 2 is 0.788 bits per heavy atom. The third-order valence-electron chi connectivity index (χ3n) is 11.7. The fourth-order valence-electron chi connectivity index (χ4n) is 7.75. The third kappa shape index (κ3) is 15.7. The van der Waals surface area contributed by atoms with E-state index >= 15 is 0 Å². The first-order valence-electron chi connectivity index (χ1n) is 23.6. The van der Waals surface area contributed by atoms with Crippen molar-refractivity contribution in [2.75, 3.05) is 73.0 Å². The van der Waals surface area contributed by atoms with Gasteiger partial charge in [0, 0.05) is 60.1 Å². The molecule has 6 rings (SSSR count). The van der Waals surface area contributed by atoms with Crippen LogP contribution in [0.5, 0.6) is 0 Å². The first-order chi connectivity index (χ1) is 31.3. The van der Waals surface area contributed by atoms with E-state index < -0.39 is 12.1 Å². The van der Waals surface area contributed by atoms with Crippen LogP contribution in [0.15, 0.2) is 97.1 Å². The van der Waals surface area contributed by atoms with E-state index in [9.17, 15) is 19.2 Å². The van der Waals surface area contributed by atoms with Crippen molar-refractivity contribution >= 4 is 46.4 Å². The Kier molecular flexibility index (Phi) is 18.4. The summed E-state index contributed by atoms with van der Waals surface area (Å²) in [6.45, 7) is 27.4. The molecular weight excluding hydrogens is 829 g/mol. The second-order valence-corrected chi connectivity index (χ2v) is 20.2. The summed E-state index contributed by atoms with van der Waals surface area (Å²) in [7, 11) is 0. The van der Waals surface area contributed by atoms with Crippen LogP contribution in [0, 0.1) is 11.8 Å². The number of nitrogens with one attached hydrogen (secondary N) is 4. The average Bonchev–Trinajstić information content (AvgIpc) is 3.29. The zero-order valence-electron chi connectivity index (χ0n) is 41.0. The van der Waals surface area contributed by atoms with Crippen LogP contribution in [0.25, 0.3) is 0 Å². The van der Waals surface area contributed by atoms with Gasteiger partial charge in [-0.15, -0.1) is 0 Å². The molecule has 0 bridgehead atoms. The Hall–Kier alpha value is -5.72. The monoisotopic (exact) mass is 903 g/mol. The van der Waals surface area contributed by atoms with Crippen molar-refractivity contribution in [3.63, 3.8) is 0 Å². The van der Waals surface area contributed by atoms with Crippen molar-refractivity contribution in [1.82, 2.24) is 10.6 Å². The maximum atomic E-state index is 13.0. The Labute approximate surface area is 393 Å². The zero-order valence-corrected chi connectivity index (χ0v) is 41.0. The second-order valence-electron chi connectivity index (χ2n) is 20.2. The fraction of sp³-hybridized carbons (Fsp3) is 0.481. The normalized spacial score (nSPS) is 15.3. The molecule has 4 amide bonds. The highest BCUT2D eigenvalue weighted by atomic mass is 16.5. The van der Waals surface area contributed by atoms with Gasteiger partial charge in [0.2, 0.25) is 11.8 Å². The van der Waals surface area contributed by atoms with Crippen LogP contribution in [0.4, 0.5) is 22.7 Å². The number of hydrogen-bond donors (Lipinski definition) is 4. The van der Waals surface area contributed by atoms with Gasteiger partial charge >= 0.3 is 0 Å². The van der Waals surface area contributed by atoms with Crippen LogP contribution >= 0.6 is 0 Å². The molecule has 2 heterocycles. The van der Waals surface area contributed by atoms with Crippen LogP contribution in [0.3, 0.4) is 0 Å². The highest BCUT2D eigenvalue weighted by molar-refractivity contribution is 6.02. The van der Waals surface area contributed by atoms with Gasteiger partial charge in [0.1, 0.15) is 12.1 Å². The standard InChI is InChI=1S/2C27H37N3O3/c2*1-19(2)18-24(29-25(31)20-6-8-21(9-7-20)27(3,4)5)26(32)28-22-10-12-23(13-11-22)30-14-16-33-17-15-30/h2*6-13,19,24H,14-18H2,1-5H3,(H,28,32)(H,29,31)/t2*24-/m00/s1.